The van der Waals surface area contributed by atoms with Gasteiger partial charge in [0.25, 0.3) is 5.91 Å². The van der Waals surface area contributed by atoms with Crippen LogP contribution in [0.2, 0.25) is 0 Å². The van der Waals surface area contributed by atoms with Crippen molar-refractivity contribution in [3.63, 3.8) is 0 Å². The van der Waals surface area contributed by atoms with Crippen LogP contribution in [0.3, 0.4) is 0 Å². The first-order valence-corrected chi connectivity index (χ1v) is 5.60. The van der Waals surface area contributed by atoms with Crippen molar-refractivity contribution < 1.29 is 13.6 Å². The number of amides is 1. The molecule has 19 heavy (non-hydrogen) atoms. The van der Waals surface area contributed by atoms with Crippen molar-refractivity contribution in [3.05, 3.63) is 59.2 Å². The van der Waals surface area contributed by atoms with Gasteiger partial charge in [-0.25, -0.2) is 8.78 Å². The van der Waals surface area contributed by atoms with Crippen molar-refractivity contribution in [2.24, 2.45) is 0 Å². The summed E-state index contributed by atoms with van der Waals surface area (Å²) >= 11 is 0. The number of aryl methyl sites for hydroxylation is 1. The molecule has 3 nitrogen and oxygen atoms in total. The van der Waals surface area contributed by atoms with E-state index >= 15 is 0 Å². The van der Waals surface area contributed by atoms with E-state index in [0.717, 1.165) is 6.07 Å². The van der Waals surface area contributed by atoms with E-state index < -0.39 is 11.7 Å². The van der Waals surface area contributed by atoms with Crippen LogP contribution in [0.5, 0.6) is 0 Å². The molecule has 5 heteroatoms. The Hall–Kier alpha value is -2.43. The van der Waals surface area contributed by atoms with Crippen LogP contribution in [0.15, 0.2) is 36.4 Å². The molecule has 0 saturated carbocycles. The molecule has 0 heterocycles. The van der Waals surface area contributed by atoms with Crippen molar-refractivity contribution in [1.82, 2.24) is 0 Å². The van der Waals surface area contributed by atoms with Gasteiger partial charge in [-0.05, 0) is 48.9 Å². The summed E-state index contributed by atoms with van der Waals surface area (Å²) in [7, 11) is 0. The van der Waals surface area contributed by atoms with Crippen LogP contribution in [0.4, 0.5) is 20.2 Å². The van der Waals surface area contributed by atoms with Crippen LogP contribution >= 0.6 is 0 Å². The minimum absolute atomic E-state index is 0.0193. The molecule has 0 unspecified atom stereocenters. The Balaban J connectivity index is 2.20. The molecule has 0 atom stereocenters. The highest BCUT2D eigenvalue weighted by Gasteiger charge is 2.09. The molecular formula is C14H12F2N2O. The molecule has 0 aliphatic rings. The van der Waals surface area contributed by atoms with Crippen LogP contribution in [-0.4, -0.2) is 5.91 Å². The lowest BCUT2D eigenvalue weighted by Crippen LogP contribution is -2.12. The molecule has 0 aliphatic heterocycles. The smallest absolute Gasteiger partial charge is 0.255 e. The van der Waals surface area contributed by atoms with Gasteiger partial charge in [-0.3, -0.25) is 4.79 Å². The van der Waals surface area contributed by atoms with Crippen molar-refractivity contribution >= 4 is 17.3 Å². The van der Waals surface area contributed by atoms with Gasteiger partial charge in [0.1, 0.15) is 11.6 Å². The molecule has 0 saturated heterocycles. The molecule has 98 valence electrons. The van der Waals surface area contributed by atoms with Crippen LogP contribution in [0.1, 0.15) is 15.9 Å². The lowest BCUT2D eigenvalue weighted by molar-refractivity contribution is 0.102. The van der Waals surface area contributed by atoms with Gasteiger partial charge in [0, 0.05) is 11.3 Å². The first kappa shape index (κ1) is 13.0. The van der Waals surface area contributed by atoms with E-state index in [9.17, 15) is 13.6 Å². The molecule has 3 N–H and O–H groups in total. The molecule has 0 bridgehead atoms. The van der Waals surface area contributed by atoms with Crippen LogP contribution in [0, 0.1) is 18.6 Å². The summed E-state index contributed by atoms with van der Waals surface area (Å²) in [5, 5.41) is 2.56. The maximum atomic E-state index is 13.2. The predicted molar refractivity (Wildman–Crippen MR) is 69.9 cm³/mol. The Labute approximate surface area is 109 Å². The molecule has 2 aromatic carbocycles. The van der Waals surface area contributed by atoms with E-state index in [1.54, 1.807) is 6.92 Å². The fraction of sp³-hybridized carbons (Fsp3) is 0.0714. The Bertz CT molecular complexity index is 641. The average Bonchev–Trinajstić information content (AvgIpc) is 2.37. The molecule has 0 radical (unpaired) electrons. The highest BCUT2D eigenvalue weighted by Crippen LogP contribution is 2.16. The van der Waals surface area contributed by atoms with Crippen molar-refractivity contribution in [3.8, 4) is 0 Å². The summed E-state index contributed by atoms with van der Waals surface area (Å²) in [5.41, 5.74) is 6.32. The molecule has 0 fully saturated rings. The van der Waals surface area contributed by atoms with E-state index in [2.05, 4.69) is 5.32 Å². The second-order valence-corrected chi connectivity index (χ2v) is 4.15. The molecule has 1 amide bonds. The minimum Gasteiger partial charge on any atom is -0.396 e. The number of nitrogens with one attached hydrogen (secondary N) is 1. The van der Waals surface area contributed by atoms with E-state index in [0.29, 0.717) is 11.3 Å². The van der Waals surface area contributed by atoms with Crippen LogP contribution in [0.25, 0.3) is 0 Å². The average molecular weight is 262 g/mol. The lowest BCUT2D eigenvalue weighted by atomic mass is 10.1. The normalized spacial score (nSPS) is 10.3. The van der Waals surface area contributed by atoms with Gasteiger partial charge in [0.2, 0.25) is 0 Å². The Morgan fingerprint density at radius 1 is 1.11 bits per heavy atom. The first-order valence-electron chi connectivity index (χ1n) is 5.60. The topological polar surface area (TPSA) is 55.1 Å². The van der Waals surface area contributed by atoms with E-state index in [1.165, 1.54) is 30.3 Å². The number of hydrogen-bond donors (Lipinski definition) is 2. The Morgan fingerprint density at radius 2 is 1.84 bits per heavy atom. The van der Waals surface area contributed by atoms with Crippen LogP contribution in [-0.2, 0) is 0 Å². The largest absolute Gasteiger partial charge is 0.396 e. The zero-order chi connectivity index (χ0) is 14.0. The van der Waals surface area contributed by atoms with Crippen molar-refractivity contribution in [2.45, 2.75) is 6.92 Å². The number of benzene rings is 2. The maximum Gasteiger partial charge on any atom is 0.255 e. The molecule has 2 rings (SSSR count). The monoisotopic (exact) mass is 262 g/mol. The summed E-state index contributed by atoms with van der Waals surface area (Å²) < 4.78 is 26.3. The number of hydrogen-bond acceptors (Lipinski definition) is 2. The molecule has 0 spiro atoms. The zero-order valence-electron chi connectivity index (χ0n) is 10.2. The Kier molecular flexibility index (Phi) is 3.46. The number of nitrogen functional groups attached to an aromatic ring is 1. The lowest BCUT2D eigenvalue weighted by Gasteiger charge is -2.07. The third kappa shape index (κ3) is 2.88. The van der Waals surface area contributed by atoms with Gasteiger partial charge in [-0.1, -0.05) is 0 Å². The van der Waals surface area contributed by atoms with Gasteiger partial charge in [-0.15, -0.1) is 0 Å². The van der Waals surface area contributed by atoms with E-state index in [1.807, 2.05) is 0 Å². The number of halogens is 2. The fourth-order valence-corrected chi connectivity index (χ4v) is 1.59. The minimum atomic E-state index is -0.650. The quantitative estimate of drug-likeness (QED) is 0.817. The summed E-state index contributed by atoms with van der Waals surface area (Å²) in [4.78, 5) is 11.9. The van der Waals surface area contributed by atoms with Gasteiger partial charge < -0.3 is 11.1 Å². The van der Waals surface area contributed by atoms with Crippen molar-refractivity contribution in [2.75, 3.05) is 11.1 Å². The first-order chi connectivity index (χ1) is 8.97. The van der Waals surface area contributed by atoms with Gasteiger partial charge in [0.15, 0.2) is 0 Å². The standard InChI is InChI=1S/C14H12F2N2O/c1-8-6-10(3-4-11(8)15)18-14(19)9-2-5-13(17)12(16)7-9/h2-7H,17H2,1H3,(H,18,19). The van der Waals surface area contributed by atoms with Gasteiger partial charge in [-0.2, -0.15) is 0 Å². The molecule has 0 aliphatic carbocycles. The third-order valence-corrected chi connectivity index (χ3v) is 2.68. The van der Waals surface area contributed by atoms with Gasteiger partial charge >= 0.3 is 0 Å². The fourth-order valence-electron chi connectivity index (χ4n) is 1.59. The predicted octanol–water partition coefficient (Wildman–Crippen LogP) is 3.11. The maximum absolute atomic E-state index is 13.2. The number of carbonyl (C=O) groups is 1. The second kappa shape index (κ2) is 5.06. The van der Waals surface area contributed by atoms with E-state index in [4.69, 9.17) is 5.73 Å². The van der Waals surface area contributed by atoms with Crippen LogP contribution < -0.4 is 11.1 Å². The molecular weight excluding hydrogens is 250 g/mol. The zero-order valence-corrected chi connectivity index (χ0v) is 10.2. The highest BCUT2D eigenvalue weighted by atomic mass is 19.1. The summed E-state index contributed by atoms with van der Waals surface area (Å²) in [6.45, 7) is 1.59. The number of carbonyl (C=O) groups excluding carboxylic acids is 1. The number of rotatable bonds is 2. The number of anilines is 2. The Morgan fingerprint density at radius 3 is 2.47 bits per heavy atom. The second-order valence-electron chi connectivity index (χ2n) is 4.15. The van der Waals surface area contributed by atoms with E-state index in [-0.39, 0.29) is 17.1 Å². The highest BCUT2D eigenvalue weighted by molar-refractivity contribution is 6.04. The molecule has 0 aromatic heterocycles. The summed E-state index contributed by atoms with van der Waals surface area (Å²) in [6.07, 6.45) is 0. The number of nitrogens with two attached hydrogens (primary N) is 1. The van der Waals surface area contributed by atoms with Crippen molar-refractivity contribution in [1.29, 1.82) is 0 Å². The summed E-state index contributed by atoms with van der Waals surface area (Å²) in [5.74, 6) is -1.48. The third-order valence-electron chi connectivity index (χ3n) is 2.68. The van der Waals surface area contributed by atoms with Gasteiger partial charge in [0.05, 0.1) is 5.69 Å². The SMILES string of the molecule is Cc1cc(NC(=O)c2ccc(N)c(F)c2)ccc1F. The summed E-state index contributed by atoms with van der Waals surface area (Å²) in [6, 6.07) is 7.99. The molecule has 2 aromatic rings.